The SMILES string of the molecule is CCO.CCO.[CH2-]CCS.[CH3-].[Ti+2]. The monoisotopic (exact) mass is 230 g/mol. The van der Waals surface area contributed by atoms with Gasteiger partial charge in [0, 0.05) is 13.2 Å². The average molecular weight is 230 g/mol. The third-order valence-corrected chi connectivity index (χ3v) is 0.474. The number of hydrogen-bond acceptors (Lipinski definition) is 3. The van der Waals surface area contributed by atoms with Crippen molar-refractivity contribution < 1.29 is 31.9 Å². The molecule has 0 heterocycles. The summed E-state index contributed by atoms with van der Waals surface area (Å²) in [5, 5.41) is 15.1. The summed E-state index contributed by atoms with van der Waals surface area (Å²) in [6.07, 6.45) is 0.934. The summed E-state index contributed by atoms with van der Waals surface area (Å²) in [4.78, 5) is 0. The van der Waals surface area contributed by atoms with Gasteiger partial charge in [0.1, 0.15) is 0 Å². The quantitative estimate of drug-likeness (QED) is 0.363. The molecule has 0 aromatic heterocycles. The summed E-state index contributed by atoms with van der Waals surface area (Å²) in [5.41, 5.74) is 0. The maximum absolute atomic E-state index is 7.57. The van der Waals surface area contributed by atoms with Crippen LogP contribution in [0.2, 0.25) is 0 Å². The van der Waals surface area contributed by atoms with Gasteiger partial charge in [-0.3, -0.25) is 0 Å². The minimum atomic E-state index is 0. The van der Waals surface area contributed by atoms with Crippen molar-refractivity contribution in [3.8, 4) is 0 Å². The van der Waals surface area contributed by atoms with E-state index in [1.807, 2.05) is 0 Å². The molecule has 0 spiro atoms. The zero-order valence-corrected chi connectivity index (χ0v) is 10.8. The second kappa shape index (κ2) is 58.2. The van der Waals surface area contributed by atoms with Crippen LogP contribution >= 0.6 is 12.6 Å². The topological polar surface area (TPSA) is 40.5 Å². The molecule has 2 nitrogen and oxygen atoms in total. The Morgan fingerprint density at radius 3 is 1.25 bits per heavy atom. The van der Waals surface area contributed by atoms with Gasteiger partial charge in [-0.2, -0.15) is 19.0 Å². The molecule has 0 aromatic rings. The number of aliphatic hydroxyl groups excluding tert-OH is 2. The first-order valence-corrected chi connectivity index (χ1v) is 4.00. The molecule has 0 bridgehead atoms. The third kappa shape index (κ3) is 278. The fourth-order valence-electron chi connectivity index (χ4n) is 0. The van der Waals surface area contributed by atoms with Gasteiger partial charge in [-0.25, -0.2) is 0 Å². The van der Waals surface area contributed by atoms with E-state index in [2.05, 4.69) is 19.6 Å². The molecule has 0 aromatic carbocycles. The summed E-state index contributed by atoms with van der Waals surface area (Å²) in [6, 6.07) is 0. The molecular weight excluding hydrogens is 208 g/mol. The van der Waals surface area contributed by atoms with Crippen LogP contribution in [0.3, 0.4) is 0 Å². The van der Waals surface area contributed by atoms with Crippen molar-refractivity contribution in [2.45, 2.75) is 20.3 Å². The Morgan fingerprint density at radius 1 is 1.17 bits per heavy atom. The van der Waals surface area contributed by atoms with E-state index in [-0.39, 0.29) is 42.4 Å². The smallest absolute Gasteiger partial charge is 0.397 e. The van der Waals surface area contributed by atoms with Gasteiger partial charge < -0.3 is 24.6 Å². The molecule has 0 saturated heterocycles. The van der Waals surface area contributed by atoms with Crippen LogP contribution in [0.1, 0.15) is 20.3 Å². The van der Waals surface area contributed by atoms with Crippen LogP contribution in [0.15, 0.2) is 0 Å². The van der Waals surface area contributed by atoms with Crippen molar-refractivity contribution in [2.24, 2.45) is 0 Å². The van der Waals surface area contributed by atoms with Gasteiger partial charge in [0.25, 0.3) is 0 Å². The molecule has 0 rings (SSSR count). The van der Waals surface area contributed by atoms with E-state index < -0.39 is 0 Å². The van der Waals surface area contributed by atoms with Crippen LogP contribution in [0.25, 0.3) is 0 Å². The van der Waals surface area contributed by atoms with Crippen LogP contribution in [0.4, 0.5) is 0 Å². The number of rotatable bonds is 1. The Bertz CT molecular complexity index is 29.0. The van der Waals surface area contributed by atoms with Gasteiger partial charge in [0.05, 0.1) is 0 Å². The van der Waals surface area contributed by atoms with E-state index in [1.165, 1.54) is 0 Å². The number of aliphatic hydroxyl groups is 2. The first kappa shape index (κ1) is 29.3. The van der Waals surface area contributed by atoms with E-state index in [0.29, 0.717) is 0 Å². The van der Waals surface area contributed by atoms with Crippen molar-refractivity contribution in [1.29, 1.82) is 0 Å². The van der Waals surface area contributed by atoms with Crippen molar-refractivity contribution in [1.82, 2.24) is 0 Å². The van der Waals surface area contributed by atoms with Gasteiger partial charge in [-0.15, -0.1) is 0 Å². The molecule has 12 heavy (non-hydrogen) atoms. The Kier molecular flexibility index (Phi) is 142. The van der Waals surface area contributed by atoms with Gasteiger partial charge >= 0.3 is 21.7 Å². The molecule has 0 aliphatic carbocycles. The second-order valence-electron chi connectivity index (χ2n) is 1.21. The molecule has 0 aliphatic rings. The molecule has 0 radical (unpaired) electrons. The van der Waals surface area contributed by atoms with Gasteiger partial charge in [0.15, 0.2) is 0 Å². The fourth-order valence-corrected chi connectivity index (χ4v) is 0. The predicted octanol–water partition coefficient (Wildman–Crippen LogP) is 1.59. The first-order chi connectivity index (χ1) is 4.74. The van der Waals surface area contributed by atoms with Crippen molar-refractivity contribution in [3.63, 3.8) is 0 Å². The van der Waals surface area contributed by atoms with Crippen LogP contribution < -0.4 is 0 Å². The Morgan fingerprint density at radius 2 is 1.25 bits per heavy atom. The van der Waals surface area contributed by atoms with Gasteiger partial charge in [0.2, 0.25) is 0 Å². The minimum Gasteiger partial charge on any atom is -0.397 e. The predicted molar refractivity (Wildman–Crippen MR) is 55.8 cm³/mol. The standard InChI is InChI=1S/C3H7S.2C2H6O.CH3.Ti/c1-2-3-4;2*1-2-3;;/h4H,1-3H2;2*3H,2H2,1H3;1H3;/q-1;;;-1;+2. The summed E-state index contributed by atoms with van der Waals surface area (Å²) >= 11 is 3.86. The normalized spacial score (nSPS) is 5.50. The molecule has 4 heteroatoms. The first-order valence-electron chi connectivity index (χ1n) is 3.36. The second-order valence-corrected chi connectivity index (χ2v) is 1.66. The summed E-state index contributed by atoms with van der Waals surface area (Å²) in [7, 11) is 0. The average Bonchev–Trinajstić information content (AvgIpc) is 1.91. The Labute approximate surface area is 98.1 Å². The fraction of sp³-hybridized carbons (Fsp3) is 0.750. The van der Waals surface area contributed by atoms with Crippen LogP contribution in [0.5, 0.6) is 0 Å². The molecule has 0 unspecified atom stereocenters. The molecule has 0 atom stereocenters. The molecule has 2 N–H and O–H groups in total. The molecule has 0 amide bonds. The molecular formula is C8H22O2STi. The zero-order chi connectivity index (χ0) is 8.83. The maximum Gasteiger partial charge on any atom is 2.00 e. The van der Waals surface area contributed by atoms with E-state index in [1.54, 1.807) is 13.8 Å². The summed E-state index contributed by atoms with van der Waals surface area (Å²) in [5.74, 6) is 0.903. The van der Waals surface area contributed by atoms with Gasteiger partial charge in [-0.1, -0.05) is 0 Å². The molecule has 0 fully saturated rings. The summed E-state index contributed by atoms with van der Waals surface area (Å²) < 4.78 is 0. The maximum atomic E-state index is 7.57. The van der Waals surface area contributed by atoms with Crippen LogP contribution in [-0.2, 0) is 21.7 Å². The van der Waals surface area contributed by atoms with E-state index in [0.717, 1.165) is 12.2 Å². The molecule has 76 valence electrons. The third-order valence-electron chi connectivity index (χ3n) is 0.158. The van der Waals surface area contributed by atoms with E-state index >= 15 is 0 Å². The largest absolute Gasteiger partial charge is 2.00 e. The molecule has 0 saturated carbocycles. The summed E-state index contributed by atoms with van der Waals surface area (Å²) in [6.45, 7) is 7.39. The van der Waals surface area contributed by atoms with Crippen molar-refractivity contribution in [2.75, 3.05) is 19.0 Å². The van der Waals surface area contributed by atoms with Crippen LogP contribution in [0, 0.1) is 14.4 Å². The zero-order valence-electron chi connectivity index (χ0n) is 8.38. The van der Waals surface area contributed by atoms with Crippen molar-refractivity contribution >= 4 is 12.6 Å². The molecule has 0 aliphatic heterocycles. The van der Waals surface area contributed by atoms with Gasteiger partial charge in [-0.05, 0) is 19.6 Å². The van der Waals surface area contributed by atoms with Crippen LogP contribution in [-0.4, -0.2) is 29.2 Å². The van der Waals surface area contributed by atoms with E-state index in [9.17, 15) is 0 Å². The minimum absolute atomic E-state index is 0. The number of thiol groups is 1. The Hall–Kier alpha value is 0.984. The van der Waals surface area contributed by atoms with E-state index in [4.69, 9.17) is 10.2 Å². The Balaban J connectivity index is -0.0000000191. The van der Waals surface area contributed by atoms with Crippen molar-refractivity contribution in [3.05, 3.63) is 14.4 Å². The number of hydrogen-bond donors (Lipinski definition) is 3.